The average molecular weight is 363 g/mol. The monoisotopic (exact) mass is 360 g/mol. The second kappa shape index (κ2) is 3.77. The van der Waals surface area contributed by atoms with E-state index in [1.165, 1.54) is 0 Å². The summed E-state index contributed by atoms with van der Waals surface area (Å²) in [6.45, 7) is 0. The normalized spacial score (nSPS) is 11.6. The van der Waals surface area contributed by atoms with E-state index in [0.717, 1.165) is 10.6 Å². The van der Waals surface area contributed by atoms with Crippen molar-refractivity contribution in [2.45, 2.75) is 2.14 Å². The second-order valence-corrected chi connectivity index (χ2v) is 9.15. The van der Waals surface area contributed by atoms with E-state index in [1.54, 1.807) is 0 Å². The van der Waals surface area contributed by atoms with Gasteiger partial charge in [0.1, 0.15) is 0 Å². The number of benzene rings is 1. The molecule has 0 saturated heterocycles. The molecular weight excluding hydrogens is 359 g/mol. The molecule has 0 N–H and O–H groups in total. The van der Waals surface area contributed by atoms with Crippen LogP contribution >= 0.6 is 59.4 Å². The maximum Gasteiger partial charge on any atom is 0.161 e. The predicted octanol–water partition coefficient (Wildman–Crippen LogP) is 4.64. The molecule has 0 unspecified atom stereocenters. The molecule has 0 radical (unpaired) electrons. The largest absolute Gasteiger partial charge is 0.161 e. The van der Waals surface area contributed by atoms with E-state index in [9.17, 15) is 0 Å². The molecule has 0 nitrogen and oxygen atoms in total. The highest BCUT2D eigenvalue weighted by atomic mass is 80.0. The first kappa shape index (κ1) is 10.0. The van der Waals surface area contributed by atoms with Crippen molar-refractivity contribution in [2.75, 3.05) is 0 Å². The lowest BCUT2D eigenvalue weighted by Gasteiger charge is -2.13. The highest BCUT2D eigenvalue weighted by Gasteiger charge is 2.22. The van der Waals surface area contributed by atoms with Crippen molar-refractivity contribution in [2.24, 2.45) is 0 Å². The molecule has 0 spiro atoms. The van der Waals surface area contributed by atoms with E-state index in [2.05, 4.69) is 47.8 Å². The van der Waals surface area contributed by atoms with Crippen molar-refractivity contribution in [3.05, 3.63) is 34.9 Å². The molecule has 1 aromatic carbocycles. The lowest BCUT2D eigenvalue weighted by atomic mass is 10.2. The molecule has 0 saturated carbocycles. The summed E-state index contributed by atoms with van der Waals surface area (Å²) in [4.78, 5) is 0. The van der Waals surface area contributed by atoms with Gasteiger partial charge in [-0.1, -0.05) is 77.6 Å². The first-order valence-corrected chi connectivity index (χ1v) is 5.59. The van der Waals surface area contributed by atoms with Crippen molar-refractivity contribution < 1.29 is 0 Å². The molecule has 0 aliphatic carbocycles. The minimum atomic E-state index is -0.411. The number of hydrogen-bond acceptors (Lipinski definition) is 0. The van der Waals surface area contributed by atoms with Crippen LogP contribution in [0.5, 0.6) is 0 Å². The standard InChI is InChI=1S/C7H4Br3Cl/c8-7(9,10)5-3-1-2-4-6(5)11/h1-4H. The maximum absolute atomic E-state index is 5.92. The topological polar surface area (TPSA) is 0 Å². The second-order valence-electron chi connectivity index (χ2n) is 1.98. The zero-order valence-corrected chi connectivity index (χ0v) is 10.8. The summed E-state index contributed by atoms with van der Waals surface area (Å²) in [6, 6.07) is 7.60. The van der Waals surface area contributed by atoms with Crippen LogP contribution in [-0.2, 0) is 2.14 Å². The van der Waals surface area contributed by atoms with Crippen LogP contribution in [0.25, 0.3) is 0 Å². The third kappa shape index (κ3) is 2.72. The van der Waals surface area contributed by atoms with Crippen LogP contribution < -0.4 is 0 Å². The lowest BCUT2D eigenvalue weighted by molar-refractivity contribution is 1.37. The number of alkyl halides is 3. The molecule has 0 bridgehead atoms. The van der Waals surface area contributed by atoms with Gasteiger partial charge in [0, 0.05) is 10.6 Å². The lowest BCUT2D eigenvalue weighted by Crippen LogP contribution is -1.97. The minimum absolute atomic E-state index is 0.411. The Morgan fingerprint density at radius 1 is 1.09 bits per heavy atom. The van der Waals surface area contributed by atoms with Gasteiger partial charge in [-0.05, 0) is 6.07 Å². The van der Waals surface area contributed by atoms with E-state index in [1.807, 2.05) is 24.3 Å². The molecule has 0 heterocycles. The Morgan fingerprint density at radius 2 is 1.64 bits per heavy atom. The zero-order chi connectivity index (χ0) is 8.48. The average Bonchev–Trinajstić information content (AvgIpc) is 1.86. The molecule has 0 aliphatic heterocycles. The van der Waals surface area contributed by atoms with Gasteiger partial charge in [0.15, 0.2) is 2.14 Å². The fourth-order valence-electron chi connectivity index (χ4n) is 0.691. The van der Waals surface area contributed by atoms with Crippen molar-refractivity contribution >= 4 is 59.4 Å². The summed E-state index contributed by atoms with van der Waals surface area (Å²) in [5, 5.41) is 0.720. The van der Waals surface area contributed by atoms with Gasteiger partial charge in [-0.3, -0.25) is 0 Å². The molecule has 1 rings (SSSR count). The molecule has 0 aromatic heterocycles. The van der Waals surface area contributed by atoms with Crippen LogP contribution in [0.15, 0.2) is 24.3 Å². The third-order valence-corrected chi connectivity index (χ3v) is 2.79. The highest BCUT2D eigenvalue weighted by Crippen LogP contribution is 2.46. The summed E-state index contributed by atoms with van der Waals surface area (Å²) in [6.07, 6.45) is 0. The zero-order valence-electron chi connectivity index (χ0n) is 5.32. The number of halogens is 4. The van der Waals surface area contributed by atoms with Gasteiger partial charge in [0.2, 0.25) is 0 Å². The van der Waals surface area contributed by atoms with Gasteiger partial charge < -0.3 is 0 Å². The van der Waals surface area contributed by atoms with E-state index >= 15 is 0 Å². The summed E-state index contributed by atoms with van der Waals surface area (Å²) >= 11 is 16.1. The van der Waals surface area contributed by atoms with Crippen LogP contribution in [0.2, 0.25) is 5.02 Å². The van der Waals surface area contributed by atoms with Gasteiger partial charge in [-0.15, -0.1) is 0 Å². The first-order valence-electron chi connectivity index (χ1n) is 2.83. The third-order valence-electron chi connectivity index (χ3n) is 1.18. The Kier molecular flexibility index (Phi) is 3.44. The van der Waals surface area contributed by atoms with Gasteiger partial charge >= 0.3 is 0 Å². The van der Waals surface area contributed by atoms with E-state index in [4.69, 9.17) is 11.6 Å². The summed E-state index contributed by atoms with van der Waals surface area (Å²) in [7, 11) is 0. The molecule has 0 fully saturated rings. The first-order chi connectivity index (χ1) is 5.02. The van der Waals surface area contributed by atoms with E-state index in [-0.39, 0.29) is 0 Å². The van der Waals surface area contributed by atoms with Crippen LogP contribution in [-0.4, -0.2) is 0 Å². The quantitative estimate of drug-likeness (QED) is 0.590. The SMILES string of the molecule is Clc1ccccc1C(Br)(Br)Br. The van der Waals surface area contributed by atoms with Crippen LogP contribution in [0.1, 0.15) is 5.56 Å². The van der Waals surface area contributed by atoms with Crippen molar-refractivity contribution in [3.63, 3.8) is 0 Å². The molecule has 1 aromatic rings. The molecule has 0 amide bonds. The van der Waals surface area contributed by atoms with Crippen LogP contribution in [0.4, 0.5) is 0 Å². The van der Waals surface area contributed by atoms with Crippen LogP contribution in [0.3, 0.4) is 0 Å². The van der Waals surface area contributed by atoms with Gasteiger partial charge in [-0.25, -0.2) is 0 Å². The number of hydrogen-bond donors (Lipinski definition) is 0. The smallest absolute Gasteiger partial charge is 0.0839 e. The Labute approximate surface area is 95.7 Å². The minimum Gasteiger partial charge on any atom is -0.0839 e. The Hall–Kier alpha value is 0.950. The maximum atomic E-state index is 5.92. The van der Waals surface area contributed by atoms with Crippen molar-refractivity contribution in [3.8, 4) is 0 Å². The molecule has 60 valence electrons. The fourth-order valence-corrected chi connectivity index (χ4v) is 2.35. The summed E-state index contributed by atoms with van der Waals surface area (Å²) in [5.41, 5.74) is 0.960. The van der Waals surface area contributed by atoms with Crippen molar-refractivity contribution in [1.82, 2.24) is 0 Å². The van der Waals surface area contributed by atoms with Crippen LogP contribution in [0, 0.1) is 0 Å². The molecule has 11 heavy (non-hydrogen) atoms. The van der Waals surface area contributed by atoms with Gasteiger partial charge in [-0.2, -0.15) is 0 Å². The molecule has 0 aliphatic rings. The molecular formula is C7H4Br3Cl. The highest BCUT2D eigenvalue weighted by molar-refractivity contribution is 9.38. The Morgan fingerprint density at radius 3 is 2.00 bits per heavy atom. The molecule has 4 heteroatoms. The Balaban J connectivity index is 3.14. The van der Waals surface area contributed by atoms with E-state index in [0.29, 0.717) is 0 Å². The van der Waals surface area contributed by atoms with Gasteiger partial charge in [0.25, 0.3) is 0 Å². The van der Waals surface area contributed by atoms with Crippen molar-refractivity contribution in [1.29, 1.82) is 0 Å². The van der Waals surface area contributed by atoms with E-state index < -0.39 is 2.14 Å². The predicted molar refractivity (Wildman–Crippen MR) is 59.9 cm³/mol. The molecule has 0 atom stereocenters. The summed E-state index contributed by atoms with van der Waals surface area (Å²) in [5.74, 6) is 0. The fraction of sp³-hybridized carbons (Fsp3) is 0.143. The summed E-state index contributed by atoms with van der Waals surface area (Å²) < 4.78 is -0.411. The Bertz CT molecular complexity index is 254. The number of rotatable bonds is 0. The van der Waals surface area contributed by atoms with Gasteiger partial charge in [0.05, 0.1) is 0 Å².